The first-order chi connectivity index (χ1) is 10.9. The van der Waals surface area contributed by atoms with Gasteiger partial charge in [0.2, 0.25) is 10.0 Å². The Morgan fingerprint density at radius 1 is 1.39 bits per heavy atom. The van der Waals surface area contributed by atoms with E-state index >= 15 is 0 Å². The number of aromatic nitrogens is 5. The topological polar surface area (TPSA) is 123 Å². The molecule has 1 unspecified atom stereocenters. The van der Waals surface area contributed by atoms with Crippen LogP contribution in [0.1, 0.15) is 29.4 Å². The second kappa shape index (κ2) is 5.74. The molecule has 1 fully saturated rings. The Balaban J connectivity index is 1.81. The zero-order valence-electron chi connectivity index (χ0n) is 12.4. The highest BCUT2D eigenvalue weighted by atomic mass is 32.2. The van der Waals surface area contributed by atoms with Crippen molar-refractivity contribution >= 4 is 16.0 Å². The molecule has 1 aliphatic heterocycles. The Morgan fingerprint density at radius 3 is 2.78 bits per heavy atom. The van der Waals surface area contributed by atoms with Gasteiger partial charge in [-0.1, -0.05) is 5.21 Å². The average Bonchev–Trinajstić information content (AvgIpc) is 3.16. The van der Waals surface area contributed by atoms with Crippen LogP contribution in [0.2, 0.25) is 0 Å². The van der Waals surface area contributed by atoms with Crippen LogP contribution in [0.15, 0.2) is 23.5 Å². The number of carbonyl (C=O) groups is 1. The van der Waals surface area contributed by atoms with Crippen LogP contribution in [0, 0.1) is 0 Å². The minimum Gasteiger partial charge on any atom is -0.476 e. The maximum absolute atomic E-state index is 12.6. The SMILES string of the molecule is Cn1cc(S(=O)(=O)N2CCCC(n3cc(C(=O)O)nn3)C2)cn1. The highest BCUT2D eigenvalue weighted by Gasteiger charge is 2.32. The summed E-state index contributed by atoms with van der Waals surface area (Å²) in [7, 11) is -1.97. The molecule has 10 nitrogen and oxygen atoms in total. The van der Waals surface area contributed by atoms with Crippen molar-refractivity contribution in [1.82, 2.24) is 29.1 Å². The number of carboxylic acids is 1. The van der Waals surface area contributed by atoms with Crippen LogP contribution in [-0.4, -0.2) is 61.7 Å². The molecule has 124 valence electrons. The first kappa shape index (κ1) is 15.6. The van der Waals surface area contributed by atoms with Crippen LogP contribution in [0.3, 0.4) is 0 Å². The van der Waals surface area contributed by atoms with Gasteiger partial charge in [0.25, 0.3) is 0 Å². The van der Waals surface area contributed by atoms with E-state index in [0.29, 0.717) is 19.4 Å². The smallest absolute Gasteiger partial charge is 0.358 e. The summed E-state index contributed by atoms with van der Waals surface area (Å²) in [6.07, 6.45) is 5.47. The third kappa shape index (κ3) is 2.97. The molecular weight excluding hydrogens is 324 g/mol. The summed E-state index contributed by atoms with van der Waals surface area (Å²) in [5, 5.41) is 20.2. The van der Waals surface area contributed by atoms with Crippen molar-refractivity contribution < 1.29 is 18.3 Å². The number of nitrogens with zero attached hydrogens (tertiary/aromatic N) is 6. The molecule has 11 heteroatoms. The number of piperidine rings is 1. The largest absolute Gasteiger partial charge is 0.476 e. The zero-order valence-corrected chi connectivity index (χ0v) is 13.2. The number of carboxylic acid groups (broad SMARTS) is 1. The van der Waals surface area contributed by atoms with E-state index in [-0.39, 0.29) is 23.2 Å². The van der Waals surface area contributed by atoms with Crippen molar-refractivity contribution in [3.8, 4) is 0 Å². The molecule has 0 radical (unpaired) electrons. The number of rotatable bonds is 4. The molecule has 0 amide bonds. The Bertz CT molecular complexity index is 826. The highest BCUT2D eigenvalue weighted by molar-refractivity contribution is 7.89. The first-order valence-corrected chi connectivity index (χ1v) is 8.46. The number of aromatic carboxylic acids is 1. The minimum atomic E-state index is -3.62. The van der Waals surface area contributed by atoms with E-state index in [1.54, 1.807) is 7.05 Å². The summed E-state index contributed by atoms with van der Waals surface area (Å²) in [5.74, 6) is -1.16. The second-order valence-corrected chi connectivity index (χ2v) is 7.34. The molecule has 1 atom stereocenters. The Morgan fingerprint density at radius 2 is 2.17 bits per heavy atom. The fourth-order valence-corrected chi connectivity index (χ4v) is 4.09. The number of hydrogen-bond donors (Lipinski definition) is 1. The van der Waals surface area contributed by atoms with E-state index in [1.807, 2.05) is 0 Å². The zero-order chi connectivity index (χ0) is 16.6. The monoisotopic (exact) mass is 340 g/mol. The summed E-state index contributed by atoms with van der Waals surface area (Å²) in [4.78, 5) is 11.0. The molecule has 23 heavy (non-hydrogen) atoms. The van der Waals surface area contributed by atoms with Crippen molar-refractivity contribution in [3.05, 3.63) is 24.3 Å². The third-order valence-electron chi connectivity index (χ3n) is 3.78. The Kier molecular flexibility index (Phi) is 3.90. The van der Waals surface area contributed by atoms with E-state index in [2.05, 4.69) is 15.4 Å². The fourth-order valence-electron chi connectivity index (χ4n) is 2.59. The van der Waals surface area contributed by atoms with Gasteiger partial charge < -0.3 is 5.11 Å². The molecule has 2 aromatic heterocycles. The highest BCUT2D eigenvalue weighted by Crippen LogP contribution is 2.26. The van der Waals surface area contributed by atoms with Gasteiger partial charge in [-0.05, 0) is 12.8 Å². The predicted molar refractivity (Wildman–Crippen MR) is 77.2 cm³/mol. The summed E-state index contributed by atoms with van der Waals surface area (Å²) in [6.45, 7) is 0.633. The standard InChI is InChI=1S/C12H16N6O4S/c1-16-7-10(5-13-16)23(21,22)17-4-2-3-9(6-17)18-8-11(12(19)20)14-15-18/h5,7-9H,2-4,6H2,1H3,(H,19,20). The van der Waals surface area contributed by atoms with E-state index < -0.39 is 16.0 Å². The molecule has 0 spiro atoms. The Hall–Kier alpha value is -2.27. The van der Waals surface area contributed by atoms with E-state index in [1.165, 1.54) is 32.3 Å². The molecule has 0 saturated carbocycles. The third-order valence-corrected chi connectivity index (χ3v) is 5.60. The number of sulfonamides is 1. The fraction of sp³-hybridized carbons (Fsp3) is 0.500. The van der Waals surface area contributed by atoms with Crippen LogP contribution in [0.25, 0.3) is 0 Å². The van der Waals surface area contributed by atoms with Crippen LogP contribution < -0.4 is 0 Å². The lowest BCUT2D eigenvalue weighted by atomic mass is 10.1. The molecule has 2 aromatic rings. The molecule has 0 aromatic carbocycles. The molecule has 0 aliphatic carbocycles. The maximum Gasteiger partial charge on any atom is 0.358 e. The summed E-state index contributed by atoms with van der Waals surface area (Å²) in [5.41, 5.74) is -0.155. The van der Waals surface area contributed by atoms with Crippen LogP contribution in [0.4, 0.5) is 0 Å². The van der Waals surface area contributed by atoms with Crippen molar-refractivity contribution in [3.63, 3.8) is 0 Å². The molecule has 3 heterocycles. The lowest BCUT2D eigenvalue weighted by Crippen LogP contribution is -2.40. The van der Waals surface area contributed by atoms with Gasteiger partial charge in [-0.3, -0.25) is 4.68 Å². The van der Waals surface area contributed by atoms with Gasteiger partial charge in [0, 0.05) is 26.3 Å². The number of hydrogen-bond acceptors (Lipinski definition) is 6. The second-order valence-electron chi connectivity index (χ2n) is 5.40. The van der Waals surface area contributed by atoms with E-state index in [4.69, 9.17) is 5.11 Å². The van der Waals surface area contributed by atoms with Gasteiger partial charge in [0.1, 0.15) is 4.90 Å². The van der Waals surface area contributed by atoms with Crippen molar-refractivity contribution in [1.29, 1.82) is 0 Å². The summed E-state index contributed by atoms with van der Waals surface area (Å²) in [6, 6.07) is -0.240. The van der Waals surface area contributed by atoms with Gasteiger partial charge in [-0.2, -0.15) is 9.40 Å². The summed E-state index contributed by atoms with van der Waals surface area (Å²) >= 11 is 0. The maximum atomic E-state index is 12.6. The number of aryl methyl sites for hydroxylation is 1. The van der Waals surface area contributed by atoms with Gasteiger partial charge in [-0.25, -0.2) is 17.9 Å². The van der Waals surface area contributed by atoms with Crippen molar-refractivity contribution in [2.75, 3.05) is 13.1 Å². The molecule has 1 aliphatic rings. The quantitative estimate of drug-likeness (QED) is 0.813. The average molecular weight is 340 g/mol. The van der Waals surface area contributed by atoms with Gasteiger partial charge in [-0.15, -0.1) is 5.10 Å². The Labute approximate surface area is 132 Å². The van der Waals surface area contributed by atoms with Gasteiger partial charge in [0.15, 0.2) is 5.69 Å². The molecule has 1 N–H and O–H groups in total. The predicted octanol–water partition coefficient (Wildman–Crippen LogP) is -0.264. The van der Waals surface area contributed by atoms with Gasteiger partial charge in [0.05, 0.1) is 18.4 Å². The van der Waals surface area contributed by atoms with E-state index in [0.717, 1.165) is 0 Å². The van der Waals surface area contributed by atoms with Crippen molar-refractivity contribution in [2.45, 2.75) is 23.8 Å². The van der Waals surface area contributed by atoms with Crippen LogP contribution in [0.5, 0.6) is 0 Å². The summed E-state index contributed by atoms with van der Waals surface area (Å²) < 4.78 is 29.5. The van der Waals surface area contributed by atoms with Crippen LogP contribution in [-0.2, 0) is 17.1 Å². The minimum absolute atomic E-state index is 0.144. The molecule has 0 bridgehead atoms. The van der Waals surface area contributed by atoms with E-state index in [9.17, 15) is 13.2 Å². The van der Waals surface area contributed by atoms with Crippen molar-refractivity contribution in [2.24, 2.45) is 7.05 Å². The lowest BCUT2D eigenvalue weighted by molar-refractivity contribution is 0.0690. The molecular formula is C12H16N6O4S. The molecule has 1 saturated heterocycles. The molecule has 3 rings (SSSR count). The first-order valence-electron chi connectivity index (χ1n) is 7.02. The lowest BCUT2D eigenvalue weighted by Gasteiger charge is -2.31. The van der Waals surface area contributed by atoms with Crippen LogP contribution >= 0.6 is 0 Å². The van der Waals surface area contributed by atoms with Gasteiger partial charge >= 0.3 is 5.97 Å². The normalized spacial score (nSPS) is 19.8.